The number of nitrogens with two attached hydrogens (primary N) is 1. The summed E-state index contributed by atoms with van der Waals surface area (Å²) in [4.78, 5) is -0.179. The fraction of sp³-hybridized carbons (Fsp3) is 0.500. The highest BCUT2D eigenvalue weighted by molar-refractivity contribution is 7.89. The highest BCUT2D eigenvalue weighted by Crippen LogP contribution is 2.36. The van der Waals surface area contributed by atoms with Crippen LogP contribution in [-0.4, -0.2) is 31.8 Å². The molecule has 1 saturated heterocycles. The largest absolute Gasteiger partial charge is 0.508 e. The normalized spacial score (nSPS) is 21.1. The molecule has 6 nitrogen and oxygen atoms in total. The van der Waals surface area contributed by atoms with Gasteiger partial charge in [0.25, 0.3) is 0 Å². The number of aromatic hydroxyl groups is 1. The fourth-order valence-electron chi connectivity index (χ4n) is 1.89. The molecule has 1 fully saturated rings. The molecule has 2 rings (SSSR count). The molecule has 1 aromatic carbocycles. The van der Waals surface area contributed by atoms with Crippen LogP contribution in [0.5, 0.6) is 5.75 Å². The van der Waals surface area contributed by atoms with Crippen molar-refractivity contribution in [2.24, 2.45) is 5.14 Å². The van der Waals surface area contributed by atoms with Crippen LogP contribution in [0.3, 0.4) is 0 Å². The van der Waals surface area contributed by atoms with Gasteiger partial charge in [-0.05, 0) is 51.4 Å². The molecule has 1 aliphatic rings. The molecule has 1 aliphatic heterocycles. The molecule has 0 spiro atoms. The Morgan fingerprint density at radius 2 is 1.60 bits per heavy atom. The smallest absolute Gasteiger partial charge is 0.495 e. The van der Waals surface area contributed by atoms with Crippen molar-refractivity contribution in [3.63, 3.8) is 0 Å². The summed E-state index contributed by atoms with van der Waals surface area (Å²) in [6, 6.07) is 3.83. The quantitative estimate of drug-likeness (QED) is 0.767. The second kappa shape index (κ2) is 4.46. The number of hydrogen-bond donors (Lipinski definition) is 2. The van der Waals surface area contributed by atoms with Crippen LogP contribution in [0.1, 0.15) is 27.7 Å². The number of primary sulfonamides is 1. The van der Waals surface area contributed by atoms with Crippen molar-refractivity contribution in [1.82, 2.24) is 0 Å². The maximum atomic E-state index is 11.4. The van der Waals surface area contributed by atoms with Crippen molar-refractivity contribution in [2.75, 3.05) is 0 Å². The van der Waals surface area contributed by atoms with Gasteiger partial charge in [-0.3, -0.25) is 0 Å². The van der Waals surface area contributed by atoms with Gasteiger partial charge in [0.15, 0.2) is 0 Å². The second-order valence-corrected chi connectivity index (χ2v) is 7.45. The van der Waals surface area contributed by atoms with Gasteiger partial charge in [0.05, 0.1) is 16.1 Å². The van der Waals surface area contributed by atoms with Gasteiger partial charge in [-0.1, -0.05) is 0 Å². The van der Waals surface area contributed by atoms with Crippen molar-refractivity contribution >= 4 is 22.6 Å². The Morgan fingerprint density at radius 1 is 1.10 bits per heavy atom. The van der Waals surface area contributed by atoms with Gasteiger partial charge in [0.2, 0.25) is 10.0 Å². The van der Waals surface area contributed by atoms with E-state index in [9.17, 15) is 13.5 Å². The van der Waals surface area contributed by atoms with Crippen molar-refractivity contribution in [2.45, 2.75) is 43.8 Å². The van der Waals surface area contributed by atoms with Gasteiger partial charge in [-0.15, -0.1) is 0 Å². The molecular weight excluding hydrogens is 281 g/mol. The minimum Gasteiger partial charge on any atom is -0.508 e. The first-order valence-corrected chi connectivity index (χ1v) is 7.69. The summed E-state index contributed by atoms with van der Waals surface area (Å²) in [7, 11) is -4.66. The SMILES string of the molecule is CC1(C)OB(c2cc(O)cc(S(N)(=O)=O)c2)OC1(C)C. The van der Waals surface area contributed by atoms with Crippen molar-refractivity contribution in [3.05, 3.63) is 18.2 Å². The van der Waals surface area contributed by atoms with Crippen LogP contribution in [0.2, 0.25) is 0 Å². The standard InChI is InChI=1S/C12H18BNO5S/c1-11(2)12(3,4)19-13(18-11)8-5-9(15)7-10(6-8)20(14,16)17/h5-7,15H,1-4H3,(H2,14,16,17). The molecule has 0 aliphatic carbocycles. The van der Waals surface area contributed by atoms with Crippen molar-refractivity contribution < 1.29 is 22.8 Å². The third kappa shape index (κ3) is 2.69. The number of rotatable bonds is 2. The Morgan fingerprint density at radius 3 is 2.05 bits per heavy atom. The average Bonchev–Trinajstić information content (AvgIpc) is 2.46. The fourth-order valence-corrected chi connectivity index (χ4v) is 2.47. The summed E-state index contributed by atoms with van der Waals surface area (Å²) in [6.07, 6.45) is 0. The van der Waals surface area contributed by atoms with Gasteiger partial charge in [0.1, 0.15) is 5.75 Å². The van der Waals surface area contributed by atoms with E-state index >= 15 is 0 Å². The Hall–Kier alpha value is -1.09. The minimum atomic E-state index is -3.91. The lowest BCUT2D eigenvalue weighted by atomic mass is 9.79. The summed E-state index contributed by atoms with van der Waals surface area (Å²) in [5.74, 6) is -0.207. The monoisotopic (exact) mass is 299 g/mol. The predicted molar refractivity (Wildman–Crippen MR) is 75.2 cm³/mol. The molecular formula is C12H18BNO5S. The number of phenolic OH excluding ortho intramolecular Hbond substituents is 1. The lowest BCUT2D eigenvalue weighted by Crippen LogP contribution is -2.41. The molecule has 3 N–H and O–H groups in total. The lowest BCUT2D eigenvalue weighted by molar-refractivity contribution is 0.00578. The zero-order valence-electron chi connectivity index (χ0n) is 11.9. The molecule has 0 unspecified atom stereocenters. The highest BCUT2D eigenvalue weighted by Gasteiger charge is 2.51. The Bertz CT molecular complexity index is 625. The second-order valence-electron chi connectivity index (χ2n) is 5.89. The Balaban J connectivity index is 2.44. The van der Waals surface area contributed by atoms with E-state index in [0.29, 0.717) is 5.46 Å². The van der Waals surface area contributed by atoms with Crippen LogP contribution in [0, 0.1) is 0 Å². The average molecular weight is 299 g/mol. The molecule has 20 heavy (non-hydrogen) atoms. The zero-order chi connectivity index (χ0) is 15.3. The van der Waals surface area contributed by atoms with E-state index in [4.69, 9.17) is 14.4 Å². The predicted octanol–water partition coefficient (Wildman–Crippen LogP) is 0.339. The summed E-state index contributed by atoms with van der Waals surface area (Å²) < 4.78 is 34.4. The van der Waals surface area contributed by atoms with Crippen LogP contribution < -0.4 is 10.6 Å². The molecule has 0 amide bonds. The van der Waals surface area contributed by atoms with E-state index in [1.54, 1.807) is 0 Å². The summed E-state index contributed by atoms with van der Waals surface area (Å²) in [5, 5.41) is 14.7. The van der Waals surface area contributed by atoms with E-state index in [-0.39, 0.29) is 10.6 Å². The van der Waals surface area contributed by atoms with Crippen LogP contribution >= 0.6 is 0 Å². The highest BCUT2D eigenvalue weighted by atomic mass is 32.2. The van der Waals surface area contributed by atoms with Crippen LogP contribution in [-0.2, 0) is 19.3 Å². The molecule has 1 aromatic rings. The summed E-state index contributed by atoms with van der Waals surface area (Å²) >= 11 is 0. The summed E-state index contributed by atoms with van der Waals surface area (Å²) in [6.45, 7) is 7.54. The topological polar surface area (TPSA) is 98.9 Å². The van der Waals surface area contributed by atoms with E-state index in [1.807, 2.05) is 27.7 Å². The molecule has 0 radical (unpaired) electrons. The van der Waals surface area contributed by atoms with E-state index in [2.05, 4.69) is 0 Å². The van der Waals surface area contributed by atoms with Crippen molar-refractivity contribution in [3.8, 4) is 5.75 Å². The van der Waals surface area contributed by atoms with Crippen LogP contribution in [0.25, 0.3) is 0 Å². The van der Waals surface area contributed by atoms with Crippen molar-refractivity contribution in [1.29, 1.82) is 0 Å². The summed E-state index contributed by atoms with van der Waals surface area (Å²) in [5.41, 5.74) is -0.692. The zero-order valence-corrected chi connectivity index (χ0v) is 12.7. The number of benzene rings is 1. The first-order valence-electron chi connectivity index (χ1n) is 6.15. The number of hydrogen-bond acceptors (Lipinski definition) is 5. The molecule has 110 valence electrons. The third-order valence-corrected chi connectivity index (χ3v) is 4.66. The van der Waals surface area contributed by atoms with E-state index < -0.39 is 28.3 Å². The Kier molecular flexibility index (Phi) is 3.41. The van der Waals surface area contributed by atoms with Gasteiger partial charge in [-0.2, -0.15) is 0 Å². The first-order chi connectivity index (χ1) is 8.92. The Labute approximate surface area is 119 Å². The first kappa shape index (κ1) is 15.3. The molecule has 0 aromatic heterocycles. The molecule has 8 heteroatoms. The maximum Gasteiger partial charge on any atom is 0.495 e. The minimum absolute atomic E-state index is 0.179. The maximum absolute atomic E-state index is 11.4. The van der Waals surface area contributed by atoms with E-state index in [1.165, 1.54) is 12.1 Å². The van der Waals surface area contributed by atoms with Gasteiger partial charge < -0.3 is 14.4 Å². The lowest BCUT2D eigenvalue weighted by Gasteiger charge is -2.32. The number of phenols is 1. The molecule has 0 bridgehead atoms. The van der Waals surface area contributed by atoms with Gasteiger partial charge in [-0.25, -0.2) is 13.6 Å². The van der Waals surface area contributed by atoms with E-state index in [0.717, 1.165) is 6.07 Å². The van der Waals surface area contributed by atoms with Gasteiger partial charge in [0, 0.05) is 0 Å². The molecule has 0 saturated carbocycles. The molecule has 0 atom stereocenters. The number of sulfonamides is 1. The third-order valence-electron chi connectivity index (χ3n) is 3.77. The van der Waals surface area contributed by atoms with Crippen LogP contribution in [0.15, 0.2) is 23.1 Å². The molecule has 1 heterocycles. The van der Waals surface area contributed by atoms with Gasteiger partial charge >= 0.3 is 7.12 Å². The van der Waals surface area contributed by atoms with Crippen LogP contribution in [0.4, 0.5) is 0 Å².